The van der Waals surface area contributed by atoms with Crippen LogP contribution in [0.4, 0.5) is 11.9 Å². The molecule has 1 fully saturated rings. The number of hydrogen-bond acceptors (Lipinski definition) is 6. The Labute approximate surface area is 110 Å². The second-order valence-electron chi connectivity index (χ2n) is 4.31. The van der Waals surface area contributed by atoms with Crippen LogP contribution in [0.15, 0.2) is 0 Å². The molecule has 7 nitrogen and oxygen atoms in total. The van der Waals surface area contributed by atoms with Gasteiger partial charge in [0.25, 0.3) is 0 Å². The highest BCUT2D eigenvalue weighted by Crippen LogP contribution is 2.12. The normalized spacial score (nSPS) is 18.6. The van der Waals surface area contributed by atoms with Crippen LogP contribution in [0.2, 0.25) is 5.28 Å². The van der Waals surface area contributed by atoms with Crippen molar-refractivity contribution in [1.29, 1.82) is 0 Å². The van der Waals surface area contributed by atoms with Gasteiger partial charge in [-0.2, -0.15) is 15.0 Å². The molecule has 1 aromatic rings. The third kappa shape index (κ3) is 3.19. The van der Waals surface area contributed by atoms with E-state index in [0.717, 1.165) is 6.42 Å². The van der Waals surface area contributed by atoms with Crippen LogP contribution in [0.3, 0.4) is 0 Å². The van der Waals surface area contributed by atoms with Crippen molar-refractivity contribution in [3.63, 3.8) is 0 Å². The molecule has 1 aliphatic rings. The number of anilines is 2. The van der Waals surface area contributed by atoms with Crippen molar-refractivity contribution in [1.82, 2.24) is 20.3 Å². The fourth-order valence-electron chi connectivity index (χ4n) is 1.66. The van der Waals surface area contributed by atoms with Crippen LogP contribution in [0.5, 0.6) is 0 Å². The van der Waals surface area contributed by atoms with Gasteiger partial charge in [-0.05, 0) is 18.0 Å². The van der Waals surface area contributed by atoms with Crippen LogP contribution >= 0.6 is 11.6 Å². The summed E-state index contributed by atoms with van der Waals surface area (Å²) in [7, 11) is 3.65. The topological polar surface area (TPSA) is 83.0 Å². The maximum absolute atomic E-state index is 11.1. The molecule has 1 unspecified atom stereocenters. The Morgan fingerprint density at radius 1 is 1.44 bits per heavy atom. The fraction of sp³-hybridized carbons (Fsp3) is 0.600. The maximum Gasteiger partial charge on any atom is 0.230 e. The quantitative estimate of drug-likeness (QED) is 0.818. The Kier molecular flexibility index (Phi) is 3.81. The number of amides is 1. The zero-order valence-corrected chi connectivity index (χ0v) is 11.0. The number of nitrogens with zero attached hydrogens (tertiary/aromatic N) is 4. The van der Waals surface area contributed by atoms with E-state index < -0.39 is 0 Å². The largest absolute Gasteiger partial charge is 0.352 e. The summed E-state index contributed by atoms with van der Waals surface area (Å²) in [5, 5.41) is 6.06. The number of nitrogens with one attached hydrogen (secondary N) is 2. The van der Waals surface area contributed by atoms with Gasteiger partial charge < -0.3 is 15.5 Å². The third-order valence-corrected chi connectivity index (χ3v) is 2.76. The third-order valence-electron chi connectivity index (χ3n) is 2.59. The molecule has 98 valence electrons. The van der Waals surface area contributed by atoms with E-state index in [1.807, 2.05) is 14.1 Å². The number of hydrogen-bond donors (Lipinski definition) is 2. The molecule has 1 atom stereocenters. The molecule has 18 heavy (non-hydrogen) atoms. The van der Waals surface area contributed by atoms with Crippen molar-refractivity contribution in [3.8, 4) is 0 Å². The predicted octanol–water partition coefficient (Wildman–Crippen LogP) is 0.281. The Morgan fingerprint density at radius 3 is 2.83 bits per heavy atom. The van der Waals surface area contributed by atoms with Gasteiger partial charge in [0.05, 0.1) is 0 Å². The lowest BCUT2D eigenvalue weighted by Gasteiger charge is -2.14. The second kappa shape index (κ2) is 5.34. The zero-order chi connectivity index (χ0) is 13.1. The van der Waals surface area contributed by atoms with Crippen LogP contribution in [-0.4, -0.2) is 47.5 Å². The molecule has 0 saturated carbocycles. The predicted molar refractivity (Wildman–Crippen MR) is 68.8 cm³/mol. The van der Waals surface area contributed by atoms with Crippen molar-refractivity contribution in [3.05, 3.63) is 5.28 Å². The van der Waals surface area contributed by atoms with Crippen LogP contribution in [0.25, 0.3) is 0 Å². The van der Waals surface area contributed by atoms with E-state index in [2.05, 4.69) is 25.6 Å². The summed E-state index contributed by atoms with van der Waals surface area (Å²) in [5.74, 6) is 0.997. The van der Waals surface area contributed by atoms with E-state index in [0.29, 0.717) is 24.9 Å². The maximum atomic E-state index is 11.1. The highest BCUT2D eigenvalue weighted by molar-refractivity contribution is 6.28. The molecule has 1 saturated heterocycles. The standard InChI is InChI=1S/C10H15ClN6O/c1-17(2)10-15-8(11)14-9(16-10)12-5-6-3-4-7(18)13-6/h6H,3-5H2,1-2H3,(H,13,18)(H,12,14,15,16). The lowest BCUT2D eigenvalue weighted by Crippen LogP contribution is -2.32. The molecular formula is C10H15ClN6O. The monoisotopic (exact) mass is 270 g/mol. The number of aromatic nitrogens is 3. The Hall–Kier alpha value is -1.63. The van der Waals surface area contributed by atoms with Gasteiger partial charge in [0, 0.05) is 33.1 Å². The van der Waals surface area contributed by atoms with E-state index in [9.17, 15) is 4.79 Å². The first-order valence-corrected chi connectivity index (χ1v) is 6.04. The first kappa shape index (κ1) is 12.8. The fourth-order valence-corrected chi connectivity index (χ4v) is 1.82. The minimum absolute atomic E-state index is 0.0875. The molecule has 2 heterocycles. The Balaban J connectivity index is 1.98. The van der Waals surface area contributed by atoms with Crippen LogP contribution in [0.1, 0.15) is 12.8 Å². The summed E-state index contributed by atoms with van der Waals surface area (Å²) < 4.78 is 0. The minimum Gasteiger partial charge on any atom is -0.352 e. The average molecular weight is 271 g/mol. The van der Waals surface area contributed by atoms with Crippen LogP contribution in [0, 0.1) is 0 Å². The summed E-state index contributed by atoms with van der Waals surface area (Å²) in [6.45, 7) is 0.582. The Bertz CT molecular complexity index is 452. The molecule has 2 rings (SSSR count). The summed E-state index contributed by atoms with van der Waals surface area (Å²) in [6.07, 6.45) is 1.40. The first-order chi connectivity index (χ1) is 8.54. The van der Waals surface area contributed by atoms with Crippen LogP contribution < -0.4 is 15.5 Å². The molecule has 2 N–H and O–H groups in total. The summed E-state index contributed by atoms with van der Waals surface area (Å²) >= 11 is 5.81. The lowest BCUT2D eigenvalue weighted by molar-refractivity contribution is -0.119. The highest BCUT2D eigenvalue weighted by atomic mass is 35.5. The number of halogens is 1. The van der Waals surface area contributed by atoms with E-state index >= 15 is 0 Å². The average Bonchev–Trinajstić information content (AvgIpc) is 2.72. The minimum atomic E-state index is 0.0875. The van der Waals surface area contributed by atoms with Gasteiger partial charge in [-0.25, -0.2) is 0 Å². The van der Waals surface area contributed by atoms with Gasteiger partial charge in [0.2, 0.25) is 23.1 Å². The number of carbonyl (C=O) groups excluding carboxylic acids is 1. The highest BCUT2D eigenvalue weighted by Gasteiger charge is 2.20. The molecule has 0 bridgehead atoms. The molecule has 8 heteroatoms. The van der Waals surface area contributed by atoms with E-state index in [4.69, 9.17) is 11.6 Å². The van der Waals surface area contributed by atoms with E-state index in [1.165, 1.54) is 0 Å². The number of carbonyl (C=O) groups is 1. The molecule has 0 spiro atoms. The SMILES string of the molecule is CN(C)c1nc(Cl)nc(NCC2CCC(=O)N2)n1. The molecule has 1 aliphatic heterocycles. The van der Waals surface area contributed by atoms with Gasteiger partial charge in [0.1, 0.15) is 0 Å². The van der Waals surface area contributed by atoms with Gasteiger partial charge in [-0.3, -0.25) is 4.79 Å². The summed E-state index contributed by atoms with van der Waals surface area (Å²) in [5.41, 5.74) is 0. The second-order valence-corrected chi connectivity index (χ2v) is 4.64. The molecule has 0 radical (unpaired) electrons. The summed E-state index contributed by atoms with van der Waals surface area (Å²) in [4.78, 5) is 25.0. The first-order valence-electron chi connectivity index (χ1n) is 5.67. The molecule has 1 amide bonds. The van der Waals surface area contributed by atoms with Crippen molar-refractivity contribution < 1.29 is 4.79 Å². The van der Waals surface area contributed by atoms with Gasteiger partial charge in [-0.1, -0.05) is 0 Å². The smallest absolute Gasteiger partial charge is 0.230 e. The molecule has 0 aromatic carbocycles. The molecule has 1 aromatic heterocycles. The molecular weight excluding hydrogens is 256 g/mol. The van der Waals surface area contributed by atoms with Gasteiger partial charge in [0.15, 0.2) is 0 Å². The van der Waals surface area contributed by atoms with E-state index in [1.54, 1.807) is 4.90 Å². The van der Waals surface area contributed by atoms with Gasteiger partial charge in [-0.15, -0.1) is 0 Å². The van der Waals surface area contributed by atoms with Crippen molar-refractivity contribution in [2.24, 2.45) is 0 Å². The zero-order valence-electron chi connectivity index (χ0n) is 10.3. The van der Waals surface area contributed by atoms with Crippen molar-refractivity contribution >= 4 is 29.4 Å². The lowest BCUT2D eigenvalue weighted by atomic mass is 10.2. The number of rotatable bonds is 4. The molecule has 0 aliphatic carbocycles. The van der Waals surface area contributed by atoms with Gasteiger partial charge >= 0.3 is 0 Å². The van der Waals surface area contributed by atoms with Crippen LogP contribution in [-0.2, 0) is 4.79 Å². The van der Waals surface area contributed by atoms with Crippen molar-refractivity contribution in [2.75, 3.05) is 30.9 Å². The summed E-state index contributed by atoms with van der Waals surface area (Å²) in [6, 6.07) is 0.121. The Morgan fingerprint density at radius 2 is 2.22 bits per heavy atom. The van der Waals surface area contributed by atoms with Crippen molar-refractivity contribution in [2.45, 2.75) is 18.9 Å². The van der Waals surface area contributed by atoms with E-state index in [-0.39, 0.29) is 17.2 Å².